The molecule has 4 heterocycles. The van der Waals surface area contributed by atoms with Crippen LogP contribution in [0.1, 0.15) is 62.9 Å². The lowest BCUT2D eigenvalue weighted by Gasteiger charge is -2.33. The van der Waals surface area contributed by atoms with Crippen molar-refractivity contribution in [1.82, 2.24) is 29.3 Å². The molecule has 2 fully saturated rings. The number of piperidine rings is 1. The number of likely N-dealkylation sites (tertiary alicyclic amines) is 2. The fourth-order valence-electron chi connectivity index (χ4n) is 4.32. The van der Waals surface area contributed by atoms with Crippen molar-refractivity contribution in [3.05, 3.63) is 36.3 Å². The molecule has 28 heavy (non-hydrogen) atoms. The predicted octanol–water partition coefficient (Wildman–Crippen LogP) is 2.59. The maximum atomic E-state index is 12.5. The summed E-state index contributed by atoms with van der Waals surface area (Å²) in [5.41, 5.74) is 1.01. The van der Waals surface area contributed by atoms with Crippen molar-refractivity contribution in [3.63, 3.8) is 0 Å². The van der Waals surface area contributed by atoms with Crippen LogP contribution in [0, 0.1) is 0 Å². The van der Waals surface area contributed by atoms with Gasteiger partial charge in [-0.25, -0.2) is 9.97 Å². The Labute approximate surface area is 166 Å². The van der Waals surface area contributed by atoms with Crippen molar-refractivity contribution < 1.29 is 4.79 Å². The number of hydrogen-bond donors (Lipinski definition) is 0. The highest BCUT2D eigenvalue weighted by Crippen LogP contribution is 2.26. The topological polar surface area (TPSA) is 67.2 Å². The van der Waals surface area contributed by atoms with Crippen LogP contribution < -0.4 is 0 Å². The maximum absolute atomic E-state index is 12.5. The Morgan fingerprint density at radius 2 is 2.00 bits per heavy atom. The molecule has 2 aliphatic heterocycles. The van der Waals surface area contributed by atoms with E-state index in [-0.39, 0.29) is 5.91 Å². The second kappa shape index (κ2) is 8.39. The van der Waals surface area contributed by atoms with Gasteiger partial charge in [-0.1, -0.05) is 13.8 Å². The normalized spacial score (nSPS) is 20.8. The largest absolute Gasteiger partial charge is 0.342 e. The zero-order valence-electron chi connectivity index (χ0n) is 16.9. The Bertz CT molecular complexity index is 811. The number of aromatic nitrogens is 4. The summed E-state index contributed by atoms with van der Waals surface area (Å²) in [6.07, 6.45) is 11.9. The molecule has 2 aromatic rings. The number of rotatable bonds is 5. The van der Waals surface area contributed by atoms with Gasteiger partial charge in [0.2, 0.25) is 5.91 Å². The van der Waals surface area contributed by atoms with Crippen molar-refractivity contribution in [2.45, 2.75) is 51.4 Å². The maximum Gasteiger partial charge on any atom is 0.236 e. The van der Waals surface area contributed by atoms with Gasteiger partial charge in [0, 0.05) is 50.1 Å². The Kier molecular flexibility index (Phi) is 5.71. The molecule has 7 nitrogen and oxygen atoms in total. The van der Waals surface area contributed by atoms with Gasteiger partial charge in [-0.2, -0.15) is 0 Å². The standard InChI is InChI=1S/C21H30N6O/c1-16(2)21-23-7-11-27(21)19-13-22-12-18(24-19)17-6-5-8-25(14-17)15-20(28)26-9-3-4-10-26/h7,11-13,16-17H,3-6,8-10,14-15H2,1-2H3/t17-/m0/s1. The van der Waals surface area contributed by atoms with Gasteiger partial charge in [0.15, 0.2) is 5.82 Å². The van der Waals surface area contributed by atoms with Gasteiger partial charge in [-0.15, -0.1) is 0 Å². The van der Waals surface area contributed by atoms with E-state index in [0.717, 1.165) is 69.2 Å². The predicted molar refractivity (Wildman–Crippen MR) is 107 cm³/mol. The SMILES string of the molecule is CC(C)c1nccn1-c1cncc([C@H]2CCCN(CC(=O)N3CCCC3)C2)n1. The van der Waals surface area contributed by atoms with Gasteiger partial charge < -0.3 is 4.90 Å². The third-order valence-corrected chi connectivity index (χ3v) is 5.81. The average molecular weight is 383 g/mol. The molecule has 0 N–H and O–H groups in total. The fourth-order valence-corrected chi connectivity index (χ4v) is 4.32. The molecule has 0 saturated carbocycles. The van der Waals surface area contributed by atoms with Gasteiger partial charge >= 0.3 is 0 Å². The van der Waals surface area contributed by atoms with E-state index in [2.05, 4.69) is 28.7 Å². The number of hydrogen-bond acceptors (Lipinski definition) is 5. The van der Waals surface area contributed by atoms with Gasteiger partial charge in [-0.3, -0.25) is 19.2 Å². The van der Waals surface area contributed by atoms with Crippen molar-refractivity contribution >= 4 is 5.91 Å². The van der Waals surface area contributed by atoms with Crippen molar-refractivity contribution in [2.75, 3.05) is 32.7 Å². The second-order valence-corrected chi connectivity index (χ2v) is 8.27. The van der Waals surface area contributed by atoms with Crippen LogP contribution in [0.5, 0.6) is 0 Å². The molecule has 0 aliphatic carbocycles. The molecule has 1 atom stereocenters. The van der Waals surface area contributed by atoms with Crippen molar-refractivity contribution in [2.24, 2.45) is 0 Å². The number of amides is 1. The molecule has 0 radical (unpaired) electrons. The molecule has 4 rings (SSSR count). The minimum absolute atomic E-state index is 0.276. The molecule has 1 amide bonds. The highest BCUT2D eigenvalue weighted by Gasteiger charge is 2.27. The third-order valence-electron chi connectivity index (χ3n) is 5.81. The number of nitrogens with zero attached hydrogens (tertiary/aromatic N) is 6. The van der Waals surface area contributed by atoms with Crippen molar-refractivity contribution in [3.8, 4) is 5.82 Å². The number of imidazole rings is 1. The van der Waals surface area contributed by atoms with Crippen LogP contribution in [-0.4, -0.2) is 67.9 Å². The molecule has 2 saturated heterocycles. The summed E-state index contributed by atoms with van der Waals surface area (Å²) in [5, 5.41) is 0. The van der Waals surface area contributed by atoms with E-state index in [1.165, 1.54) is 0 Å². The third kappa shape index (κ3) is 4.09. The van der Waals surface area contributed by atoms with Gasteiger partial charge in [-0.05, 0) is 32.2 Å². The molecule has 0 bridgehead atoms. The zero-order valence-corrected chi connectivity index (χ0v) is 16.9. The summed E-state index contributed by atoms with van der Waals surface area (Å²) >= 11 is 0. The van der Waals surface area contributed by atoms with Crippen LogP contribution in [0.3, 0.4) is 0 Å². The Hall–Kier alpha value is -2.28. The van der Waals surface area contributed by atoms with E-state index < -0.39 is 0 Å². The van der Waals surface area contributed by atoms with E-state index in [0.29, 0.717) is 18.4 Å². The quantitative estimate of drug-likeness (QED) is 0.795. The van der Waals surface area contributed by atoms with Gasteiger partial charge in [0.05, 0.1) is 18.4 Å². The van der Waals surface area contributed by atoms with E-state index in [4.69, 9.17) is 4.98 Å². The van der Waals surface area contributed by atoms with Gasteiger partial charge in [0.1, 0.15) is 5.82 Å². The lowest BCUT2D eigenvalue weighted by atomic mass is 9.95. The summed E-state index contributed by atoms with van der Waals surface area (Å²) in [6.45, 7) is 8.50. The number of carbonyl (C=O) groups is 1. The Morgan fingerprint density at radius 1 is 1.18 bits per heavy atom. The molecular weight excluding hydrogens is 352 g/mol. The van der Waals surface area contributed by atoms with E-state index in [1.807, 2.05) is 28.1 Å². The molecule has 0 unspecified atom stereocenters. The summed E-state index contributed by atoms with van der Waals surface area (Å²) in [7, 11) is 0. The van der Waals surface area contributed by atoms with Crippen LogP contribution in [0.25, 0.3) is 5.82 Å². The first-order chi connectivity index (χ1) is 13.6. The van der Waals surface area contributed by atoms with Crippen molar-refractivity contribution in [1.29, 1.82) is 0 Å². The minimum Gasteiger partial charge on any atom is -0.342 e. The monoisotopic (exact) mass is 382 g/mol. The first-order valence-corrected chi connectivity index (χ1v) is 10.5. The lowest BCUT2D eigenvalue weighted by molar-refractivity contribution is -0.131. The molecular formula is C21H30N6O. The van der Waals surface area contributed by atoms with Gasteiger partial charge in [0.25, 0.3) is 0 Å². The van der Waals surface area contributed by atoms with E-state index in [1.54, 1.807) is 6.20 Å². The zero-order chi connectivity index (χ0) is 19.5. The van der Waals surface area contributed by atoms with E-state index in [9.17, 15) is 4.79 Å². The fraction of sp³-hybridized carbons (Fsp3) is 0.619. The lowest BCUT2D eigenvalue weighted by Crippen LogP contribution is -2.43. The second-order valence-electron chi connectivity index (χ2n) is 8.27. The van der Waals surface area contributed by atoms with Crippen LogP contribution >= 0.6 is 0 Å². The molecule has 0 aromatic carbocycles. The molecule has 2 aromatic heterocycles. The molecule has 150 valence electrons. The summed E-state index contributed by atoms with van der Waals surface area (Å²) in [5.74, 6) is 2.73. The van der Waals surface area contributed by atoms with Crippen LogP contribution in [0.15, 0.2) is 24.8 Å². The summed E-state index contributed by atoms with van der Waals surface area (Å²) in [4.78, 5) is 30.6. The van der Waals surface area contributed by atoms with E-state index >= 15 is 0 Å². The van der Waals surface area contributed by atoms with Crippen LogP contribution in [0.2, 0.25) is 0 Å². The smallest absolute Gasteiger partial charge is 0.236 e. The number of carbonyl (C=O) groups excluding carboxylic acids is 1. The molecule has 0 spiro atoms. The van der Waals surface area contributed by atoms with Crippen LogP contribution in [-0.2, 0) is 4.79 Å². The molecule has 7 heteroatoms. The highest BCUT2D eigenvalue weighted by molar-refractivity contribution is 5.78. The first-order valence-electron chi connectivity index (χ1n) is 10.5. The van der Waals surface area contributed by atoms with Crippen LogP contribution in [0.4, 0.5) is 0 Å². The Morgan fingerprint density at radius 3 is 2.79 bits per heavy atom. The molecule has 2 aliphatic rings. The summed E-state index contributed by atoms with van der Waals surface area (Å²) in [6, 6.07) is 0. The first kappa shape index (κ1) is 19.1. The minimum atomic E-state index is 0.276. The highest BCUT2D eigenvalue weighted by atomic mass is 16.2. The Balaban J connectivity index is 1.46. The average Bonchev–Trinajstić information content (AvgIpc) is 3.40. The summed E-state index contributed by atoms with van der Waals surface area (Å²) < 4.78 is 2.03.